The number of piperidine rings is 1. The summed E-state index contributed by atoms with van der Waals surface area (Å²) in [5.74, 6) is 0. The molecule has 0 aliphatic carbocycles. The van der Waals surface area contributed by atoms with Crippen LogP contribution >= 0.6 is 0 Å². The molecule has 2 heterocycles. The molecule has 18 heavy (non-hydrogen) atoms. The quantitative estimate of drug-likeness (QED) is 0.660. The summed E-state index contributed by atoms with van der Waals surface area (Å²) >= 11 is 0. The lowest BCUT2D eigenvalue weighted by Crippen LogP contribution is -2.58. The molecule has 1 saturated heterocycles. The van der Waals surface area contributed by atoms with Crippen molar-refractivity contribution in [2.45, 2.75) is 23.4 Å². The standard InChI is InChI=1S/C10H19N5O2S/c1-15-4-2-10(7-11,3-5-15)14-18(16,17)9-6-12-8-13-9/h6,8,14H,2-5,7,11H2,1H3,(H,12,13). The van der Waals surface area contributed by atoms with Gasteiger partial charge in [-0.2, -0.15) is 0 Å². The van der Waals surface area contributed by atoms with Gasteiger partial charge in [0, 0.05) is 12.1 Å². The minimum atomic E-state index is -3.57. The van der Waals surface area contributed by atoms with E-state index in [1.54, 1.807) is 0 Å². The Hall–Kier alpha value is -0.960. The molecule has 0 aromatic carbocycles. The van der Waals surface area contributed by atoms with Gasteiger partial charge in [0.25, 0.3) is 10.0 Å². The fourth-order valence-electron chi connectivity index (χ4n) is 2.12. The normalized spacial score (nSPS) is 21.0. The summed E-state index contributed by atoms with van der Waals surface area (Å²) in [6, 6.07) is 0. The highest BCUT2D eigenvalue weighted by Crippen LogP contribution is 2.22. The Bertz CT molecular complexity index is 476. The van der Waals surface area contributed by atoms with Crippen molar-refractivity contribution >= 4 is 10.0 Å². The third-order valence-electron chi connectivity index (χ3n) is 3.45. The van der Waals surface area contributed by atoms with Crippen LogP contribution in [0, 0.1) is 0 Å². The van der Waals surface area contributed by atoms with Crippen LogP contribution in [0.4, 0.5) is 0 Å². The topological polar surface area (TPSA) is 104 Å². The van der Waals surface area contributed by atoms with Crippen LogP contribution in [0.1, 0.15) is 12.8 Å². The lowest BCUT2D eigenvalue weighted by atomic mass is 9.89. The molecule has 1 aliphatic rings. The number of hydrogen-bond acceptors (Lipinski definition) is 5. The van der Waals surface area contributed by atoms with Gasteiger partial charge < -0.3 is 15.6 Å². The fraction of sp³-hybridized carbons (Fsp3) is 0.700. The number of rotatable bonds is 4. The molecule has 1 aromatic rings. The Kier molecular flexibility index (Phi) is 3.71. The first-order valence-electron chi connectivity index (χ1n) is 5.88. The average Bonchev–Trinajstić information content (AvgIpc) is 2.87. The number of nitrogens with two attached hydrogens (primary N) is 1. The minimum Gasteiger partial charge on any atom is -0.335 e. The number of sulfonamides is 1. The molecule has 2 rings (SSSR count). The minimum absolute atomic E-state index is 0.0780. The molecule has 1 fully saturated rings. The predicted octanol–water partition coefficient (Wildman–Crippen LogP) is -0.889. The Morgan fingerprint density at radius 2 is 2.22 bits per heavy atom. The highest BCUT2D eigenvalue weighted by molar-refractivity contribution is 7.89. The SMILES string of the molecule is CN1CCC(CN)(NS(=O)(=O)c2cnc[nH]2)CC1. The first kappa shape index (κ1) is 13.5. The zero-order chi connectivity index (χ0) is 13.2. The van der Waals surface area contributed by atoms with Crippen molar-refractivity contribution in [3.8, 4) is 0 Å². The number of nitrogens with one attached hydrogen (secondary N) is 2. The fourth-order valence-corrected chi connectivity index (χ4v) is 3.50. The largest absolute Gasteiger partial charge is 0.335 e. The number of hydrogen-bond donors (Lipinski definition) is 3. The van der Waals surface area contributed by atoms with Crippen LogP contribution in [0.25, 0.3) is 0 Å². The van der Waals surface area contributed by atoms with E-state index >= 15 is 0 Å². The number of imidazole rings is 1. The lowest BCUT2D eigenvalue weighted by molar-refractivity contribution is 0.182. The summed E-state index contributed by atoms with van der Waals surface area (Å²) < 4.78 is 27.0. The monoisotopic (exact) mass is 273 g/mol. The molecule has 0 unspecified atom stereocenters. The Morgan fingerprint density at radius 1 is 1.56 bits per heavy atom. The summed E-state index contributed by atoms with van der Waals surface area (Å²) in [7, 11) is -1.55. The maximum atomic E-state index is 12.2. The van der Waals surface area contributed by atoms with Gasteiger partial charge >= 0.3 is 0 Å². The highest BCUT2D eigenvalue weighted by atomic mass is 32.2. The van der Waals surface area contributed by atoms with Gasteiger partial charge in [0.05, 0.1) is 12.5 Å². The van der Waals surface area contributed by atoms with E-state index in [9.17, 15) is 8.42 Å². The Labute approximate surface area is 107 Å². The number of nitrogens with zero attached hydrogens (tertiary/aromatic N) is 2. The van der Waals surface area contributed by atoms with Crippen LogP contribution in [-0.4, -0.2) is 55.5 Å². The molecule has 4 N–H and O–H groups in total. The lowest BCUT2D eigenvalue weighted by Gasteiger charge is -2.39. The maximum absolute atomic E-state index is 12.2. The van der Waals surface area contributed by atoms with E-state index in [0.29, 0.717) is 19.4 Å². The molecule has 0 amide bonds. The van der Waals surface area contributed by atoms with Crippen LogP contribution in [-0.2, 0) is 10.0 Å². The van der Waals surface area contributed by atoms with Gasteiger partial charge in [-0.25, -0.2) is 18.1 Å². The smallest absolute Gasteiger partial charge is 0.258 e. The third kappa shape index (κ3) is 2.72. The van der Waals surface area contributed by atoms with Gasteiger partial charge in [-0.3, -0.25) is 0 Å². The summed E-state index contributed by atoms with van der Waals surface area (Å²) in [6.07, 6.45) is 4.07. The van der Waals surface area contributed by atoms with Crippen LogP contribution in [0.2, 0.25) is 0 Å². The number of aromatic amines is 1. The van der Waals surface area contributed by atoms with Crippen molar-refractivity contribution in [1.29, 1.82) is 0 Å². The molecular weight excluding hydrogens is 254 g/mol. The van der Waals surface area contributed by atoms with Gasteiger partial charge in [0.15, 0.2) is 5.03 Å². The van der Waals surface area contributed by atoms with Gasteiger partial charge in [-0.05, 0) is 33.0 Å². The number of likely N-dealkylation sites (tertiary alicyclic amines) is 1. The van der Waals surface area contributed by atoms with Crippen molar-refractivity contribution in [3.63, 3.8) is 0 Å². The average molecular weight is 273 g/mol. The second-order valence-corrected chi connectivity index (χ2v) is 6.46. The molecule has 0 saturated carbocycles. The van der Waals surface area contributed by atoms with Crippen molar-refractivity contribution in [1.82, 2.24) is 19.6 Å². The van der Waals surface area contributed by atoms with Crippen molar-refractivity contribution in [2.75, 3.05) is 26.7 Å². The van der Waals surface area contributed by atoms with Gasteiger partial charge in [-0.1, -0.05) is 0 Å². The summed E-state index contributed by atoms with van der Waals surface area (Å²) in [4.78, 5) is 8.50. The van der Waals surface area contributed by atoms with Gasteiger partial charge in [0.1, 0.15) is 0 Å². The third-order valence-corrected chi connectivity index (χ3v) is 4.95. The molecule has 0 atom stereocenters. The number of aromatic nitrogens is 2. The second-order valence-electron chi connectivity index (χ2n) is 4.81. The molecule has 0 radical (unpaired) electrons. The van der Waals surface area contributed by atoms with Crippen LogP contribution in [0.5, 0.6) is 0 Å². The molecule has 102 valence electrons. The van der Waals surface area contributed by atoms with E-state index in [-0.39, 0.29) is 5.03 Å². The molecule has 0 bridgehead atoms. The number of H-pyrrole nitrogens is 1. The van der Waals surface area contributed by atoms with Crippen LogP contribution in [0.3, 0.4) is 0 Å². The predicted molar refractivity (Wildman–Crippen MR) is 67.4 cm³/mol. The second kappa shape index (κ2) is 4.96. The Balaban J connectivity index is 2.16. The van der Waals surface area contributed by atoms with E-state index in [1.165, 1.54) is 12.5 Å². The van der Waals surface area contributed by atoms with Gasteiger partial charge in [-0.15, -0.1) is 0 Å². The maximum Gasteiger partial charge on any atom is 0.258 e. The molecule has 1 aromatic heterocycles. The van der Waals surface area contributed by atoms with Crippen molar-refractivity contribution in [3.05, 3.63) is 12.5 Å². The zero-order valence-electron chi connectivity index (χ0n) is 10.4. The molecule has 1 aliphatic heterocycles. The first-order valence-corrected chi connectivity index (χ1v) is 7.37. The molecule has 7 nitrogen and oxygen atoms in total. The Morgan fingerprint density at radius 3 is 2.72 bits per heavy atom. The van der Waals surface area contributed by atoms with Crippen LogP contribution < -0.4 is 10.5 Å². The van der Waals surface area contributed by atoms with Gasteiger partial charge in [0.2, 0.25) is 0 Å². The molecule has 0 spiro atoms. The van der Waals surface area contributed by atoms with Crippen molar-refractivity contribution in [2.24, 2.45) is 5.73 Å². The summed E-state index contributed by atoms with van der Waals surface area (Å²) in [5, 5.41) is 0.0780. The summed E-state index contributed by atoms with van der Waals surface area (Å²) in [5.41, 5.74) is 5.23. The van der Waals surface area contributed by atoms with E-state index in [0.717, 1.165) is 13.1 Å². The molecule has 8 heteroatoms. The highest BCUT2D eigenvalue weighted by Gasteiger charge is 2.37. The molecular formula is C10H19N5O2S. The van der Waals surface area contributed by atoms with E-state index < -0.39 is 15.6 Å². The van der Waals surface area contributed by atoms with E-state index in [2.05, 4.69) is 19.6 Å². The zero-order valence-corrected chi connectivity index (χ0v) is 11.2. The van der Waals surface area contributed by atoms with E-state index in [1.807, 2.05) is 7.05 Å². The van der Waals surface area contributed by atoms with E-state index in [4.69, 9.17) is 5.73 Å². The summed E-state index contributed by atoms with van der Waals surface area (Å²) in [6.45, 7) is 1.97. The first-order chi connectivity index (χ1) is 8.47. The van der Waals surface area contributed by atoms with Crippen molar-refractivity contribution < 1.29 is 8.42 Å². The van der Waals surface area contributed by atoms with Crippen LogP contribution in [0.15, 0.2) is 17.6 Å².